The molecule has 0 unspecified atom stereocenters. The van der Waals surface area contributed by atoms with Crippen LogP contribution in [0.25, 0.3) is 10.9 Å². The lowest BCUT2D eigenvalue weighted by atomic mass is 9.91. The number of fused-ring (bicyclic) bond motifs is 1. The first-order chi connectivity index (χ1) is 14.9. The second-order valence-electron chi connectivity index (χ2n) is 8.23. The van der Waals surface area contributed by atoms with Gasteiger partial charge in [-0.15, -0.1) is 0 Å². The molecule has 1 heterocycles. The van der Waals surface area contributed by atoms with E-state index in [4.69, 9.17) is 28.2 Å². The highest BCUT2D eigenvalue weighted by Crippen LogP contribution is 2.29. The molecule has 0 radical (unpaired) electrons. The highest BCUT2D eigenvalue weighted by molar-refractivity contribution is 6.42. The number of pyridine rings is 1. The van der Waals surface area contributed by atoms with Gasteiger partial charge in [0.1, 0.15) is 5.82 Å². The molecular formula is C24H26Cl2N4O. The molecule has 1 aliphatic carbocycles. The molecule has 0 aliphatic heterocycles. The Morgan fingerprint density at radius 3 is 2.39 bits per heavy atom. The van der Waals surface area contributed by atoms with Gasteiger partial charge in [0.25, 0.3) is 5.91 Å². The van der Waals surface area contributed by atoms with Crippen molar-refractivity contribution in [1.82, 2.24) is 10.3 Å². The van der Waals surface area contributed by atoms with E-state index in [0.717, 1.165) is 48.1 Å². The molecule has 4 rings (SSSR count). The van der Waals surface area contributed by atoms with Crippen molar-refractivity contribution in [3.8, 4) is 0 Å². The van der Waals surface area contributed by atoms with Gasteiger partial charge in [0.2, 0.25) is 0 Å². The predicted octanol–water partition coefficient (Wildman–Crippen LogP) is 5.76. The van der Waals surface area contributed by atoms with Crippen LogP contribution in [0.4, 0.5) is 11.5 Å². The molecule has 1 fully saturated rings. The number of para-hydroxylation sites is 1. The van der Waals surface area contributed by atoms with Crippen molar-refractivity contribution in [1.29, 1.82) is 0 Å². The van der Waals surface area contributed by atoms with Crippen molar-refractivity contribution < 1.29 is 4.79 Å². The molecule has 0 saturated heterocycles. The molecule has 7 heteroatoms. The molecule has 162 valence electrons. The van der Waals surface area contributed by atoms with Crippen molar-refractivity contribution in [2.75, 3.05) is 24.3 Å². The first-order valence-electron chi connectivity index (χ1n) is 10.5. The number of halogens is 2. The Bertz CT molecular complexity index is 1090. The summed E-state index contributed by atoms with van der Waals surface area (Å²) < 4.78 is 0. The zero-order valence-corrected chi connectivity index (χ0v) is 19.2. The van der Waals surface area contributed by atoms with E-state index >= 15 is 0 Å². The fourth-order valence-electron chi connectivity index (χ4n) is 4.10. The van der Waals surface area contributed by atoms with Crippen molar-refractivity contribution >= 4 is 51.5 Å². The Morgan fingerprint density at radius 1 is 0.968 bits per heavy atom. The van der Waals surface area contributed by atoms with E-state index in [9.17, 15) is 4.79 Å². The van der Waals surface area contributed by atoms with Crippen LogP contribution < -0.4 is 15.5 Å². The van der Waals surface area contributed by atoms with Crippen molar-refractivity contribution in [3.05, 3.63) is 64.1 Å². The Kier molecular flexibility index (Phi) is 6.54. The second kappa shape index (κ2) is 9.33. The van der Waals surface area contributed by atoms with Gasteiger partial charge in [0.15, 0.2) is 0 Å². The minimum Gasteiger partial charge on any atom is -0.377 e. The number of nitrogens with zero attached hydrogens (tertiary/aromatic N) is 2. The third-order valence-electron chi connectivity index (χ3n) is 5.77. The van der Waals surface area contributed by atoms with Crippen molar-refractivity contribution in [2.24, 2.45) is 0 Å². The van der Waals surface area contributed by atoms with Gasteiger partial charge in [-0.05, 0) is 49.9 Å². The highest BCUT2D eigenvalue weighted by atomic mass is 35.5. The molecule has 3 aromatic rings. The van der Waals surface area contributed by atoms with Gasteiger partial charge in [-0.25, -0.2) is 4.98 Å². The minimum atomic E-state index is -0.109. The first kappa shape index (κ1) is 21.7. The Labute approximate surface area is 192 Å². The monoisotopic (exact) mass is 456 g/mol. The summed E-state index contributed by atoms with van der Waals surface area (Å²) in [6, 6.07) is 15.8. The summed E-state index contributed by atoms with van der Waals surface area (Å²) in [4.78, 5) is 19.5. The molecule has 1 amide bonds. The van der Waals surface area contributed by atoms with Gasteiger partial charge in [-0.1, -0.05) is 41.4 Å². The third-order valence-corrected chi connectivity index (χ3v) is 6.51. The van der Waals surface area contributed by atoms with E-state index in [1.165, 1.54) is 0 Å². The van der Waals surface area contributed by atoms with Gasteiger partial charge in [-0.3, -0.25) is 4.79 Å². The van der Waals surface area contributed by atoms with E-state index in [0.29, 0.717) is 21.7 Å². The quantitative estimate of drug-likeness (QED) is 0.512. The lowest BCUT2D eigenvalue weighted by molar-refractivity contribution is 0.0926. The highest BCUT2D eigenvalue weighted by Gasteiger charge is 2.23. The zero-order valence-electron chi connectivity index (χ0n) is 17.7. The average Bonchev–Trinajstić information content (AvgIpc) is 2.76. The van der Waals surface area contributed by atoms with Gasteiger partial charge in [0, 0.05) is 48.9 Å². The fraction of sp³-hybridized carbons (Fsp3) is 0.333. The maximum absolute atomic E-state index is 12.5. The molecule has 1 saturated carbocycles. The Balaban J connectivity index is 1.37. The second-order valence-corrected chi connectivity index (χ2v) is 9.05. The van der Waals surface area contributed by atoms with E-state index in [1.54, 1.807) is 18.2 Å². The molecule has 0 spiro atoms. The molecule has 0 bridgehead atoms. The molecule has 1 aliphatic rings. The van der Waals surface area contributed by atoms with E-state index in [1.807, 2.05) is 32.3 Å². The van der Waals surface area contributed by atoms with Gasteiger partial charge < -0.3 is 15.5 Å². The third kappa shape index (κ3) is 5.05. The lowest BCUT2D eigenvalue weighted by Gasteiger charge is -2.30. The number of carbonyl (C=O) groups is 1. The largest absolute Gasteiger partial charge is 0.377 e. The van der Waals surface area contributed by atoms with Crippen LogP contribution in [0.5, 0.6) is 0 Å². The molecule has 5 nitrogen and oxygen atoms in total. The fourth-order valence-corrected chi connectivity index (χ4v) is 4.40. The van der Waals surface area contributed by atoms with Crippen LogP contribution in [0.2, 0.25) is 10.0 Å². The van der Waals surface area contributed by atoms with Crippen LogP contribution in [-0.4, -0.2) is 37.1 Å². The average molecular weight is 457 g/mol. The summed E-state index contributed by atoms with van der Waals surface area (Å²) in [7, 11) is 4.10. The summed E-state index contributed by atoms with van der Waals surface area (Å²) in [5, 5.41) is 8.71. The number of hydrogen-bond donors (Lipinski definition) is 2. The number of benzene rings is 2. The summed E-state index contributed by atoms with van der Waals surface area (Å²) >= 11 is 12.0. The summed E-state index contributed by atoms with van der Waals surface area (Å²) in [5.41, 5.74) is 2.67. The molecular weight excluding hydrogens is 431 g/mol. The lowest BCUT2D eigenvalue weighted by Crippen LogP contribution is -2.40. The zero-order chi connectivity index (χ0) is 22.0. The molecule has 31 heavy (non-hydrogen) atoms. The Morgan fingerprint density at radius 2 is 1.68 bits per heavy atom. The van der Waals surface area contributed by atoms with E-state index in [2.05, 4.69) is 27.7 Å². The number of carbonyl (C=O) groups excluding carboxylic acids is 1. The first-order valence-corrected chi connectivity index (χ1v) is 11.3. The van der Waals surface area contributed by atoms with Gasteiger partial charge in [-0.2, -0.15) is 0 Å². The normalized spacial score (nSPS) is 18.6. The maximum atomic E-state index is 12.5. The maximum Gasteiger partial charge on any atom is 0.251 e. The van der Waals surface area contributed by atoms with Crippen LogP contribution in [0.1, 0.15) is 36.0 Å². The number of amides is 1. The molecule has 1 aromatic heterocycles. The number of hydrogen-bond acceptors (Lipinski definition) is 4. The molecule has 2 aromatic carbocycles. The van der Waals surface area contributed by atoms with Crippen molar-refractivity contribution in [3.63, 3.8) is 0 Å². The summed E-state index contributed by atoms with van der Waals surface area (Å²) in [5.74, 6) is 0.785. The molecule has 2 N–H and O–H groups in total. The SMILES string of the molecule is CN(C)c1cc(N[C@H]2CC[C@@H](NC(=O)c3ccc(Cl)c(Cl)c3)CC2)nc2ccccc12. The number of nitrogens with one attached hydrogen (secondary N) is 2. The number of anilines is 2. The van der Waals surface area contributed by atoms with Gasteiger partial charge in [0.05, 0.1) is 15.6 Å². The van der Waals surface area contributed by atoms with Crippen LogP contribution in [0.3, 0.4) is 0 Å². The summed E-state index contributed by atoms with van der Waals surface area (Å²) in [6.07, 6.45) is 3.77. The smallest absolute Gasteiger partial charge is 0.251 e. The van der Waals surface area contributed by atoms with Crippen LogP contribution in [0, 0.1) is 0 Å². The summed E-state index contributed by atoms with van der Waals surface area (Å²) in [6.45, 7) is 0. The Hall–Kier alpha value is -2.50. The molecule has 0 atom stereocenters. The number of aromatic nitrogens is 1. The van der Waals surface area contributed by atoms with E-state index < -0.39 is 0 Å². The topological polar surface area (TPSA) is 57.3 Å². The van der Waals surface area contributed by atoms with Crippen LogP contribution in [0.15, 0.2) is 48.5 Å². The van der Waals surface area contributed by atoms with E-state index in [-0.39, 0.29) is 11.9 Å². The van der Waals surface area contributed by atoms with Crippen LogP contribution in [-0.2, 0) is 0 Å². The predicted molar refractivity (Wildman–Crippen MR) is 130 cm³/mol. The van der Waals surface area contributed by atoms with Crippen LogP contribution >= 0.6 is 23.2 Å². The van der Waals surface area contributed by atoms with Gasteiger partial charge >= 0.3 is 0 Å². The minimum absolute atomic E-state index is 0.109. The number of rotatable bonds is 5. The standard InChI is InChI=1S/C24H26Cl2N4O/c1-30(2)22-14-23(29-21-6-4-3-5-18(21)22)27-16-8-10-17(11-9-16)28-24(31)15-7-12-19(25)20(26)13-15/h3-7,12-14,16-17H,8-11H2,1-2H3,(H,27,29)(H,28,31)/t16-,17+. The van der Waals surface area contributed by atoms with Crippen molar-refractivity contribution in [2.45, 2.75) is 37.8 Å².